The number of aryl methyl sites for hydroxylation is 1. The Morgan fingerprint density at radius 1 is 1.41 bits per heavy atom. The van der Waals surface area contributed by atoms with Crippen LogP contribution in [-0.4, -0.2) is 35.1 Å². The number of carbonyl (C=O) groups excluding carboxylic acids is 2. The van der Waals surface area contributed by atoms with Crippen LogP contribution in [0.5, 0.6) is 0 Å². The summed E-state index contributed by atoms with van der Waals surface area (Å²) in [6.45, 7) is 4.07. The van der Waals surface area contributed by atoms with Gasteiger partial charge in [-0.1, -0.05) is 18.7 Å². The summed E-state index contributed by atoms with van der Waals surface area (Å²) in [6, 6.07) is 7.65. The van der Waals surface area contributed by atoms with Crippen molar-refractivity contribution in [1.29, 1.82) is 0 Å². The zero-order valence-electron chi connectivity index (χ0n) is 12.5. The fourth-order valence-corrected chi connectivity index (χ4v) is 2.22. The number of methoxy groups -OCH3 is 1. The van der Waals surface area contributed by atoms with E-state index in [1.54, 1.807) is 0 Å². The lowest BCUT2D eigenvalue weighted by molar-refractivity contribution is -0.141. The number of nitrogens with zero attached hydrogens (tertiary/aromatic N) is 2. The maximum Gasteiger partial charge on any atom is 0.325 e. The maximum atomic E-state index is 11.6. The van der Waals surface area contributed by atoms with Gasteiger partial charge in [0.25, 0.3) is 0 Å². The lowest BCUT2D eigenvalue weighted by Gasteiger charge is -2.08. The molecule has 0 aliphatic carbocycles. The summed E-state index contributed by atoms with van der Waals surface area (Å²) in [5.41, 5.74) is 1.74. The molecule has 0 fully saturated rings. The predicted octanol–water partition coefficient (Wildman–Crippen LogP) is 1.44. The molecule has 0 saturated heterocycles. The molecule has 1 N–H and O–H groups in total. The Labute approximate surface area is 128 Å². The molecule has 1 aromatic carbocycles. The number of amides is 1. The van der Waals surface area contributed by atoms with Crippen LogP contribution >= 0.6 is 0 Å². The van der Waals surface area contributed by atoms with Gasteiger partial charge in [-0.2, -0.15) is 0 Å². The van der Waals surface area contributed by atoms with Gasteiger partial charge in [-0.3, -0.25) is 9.59 Å². The van der Waals surface area contributed by atoms with Crippen molar-refractivity contribution in [1.82, 2.24) is 14.9 Å². The molecule has 0 aliphatic rings. The molecule has 0 bridgehead atoms. The van der Waals surface area contributed by atoms with Gasteiger partial charge in [0.15, 0.2) is 0 Å². The van der Waals surface area contributed by atoms with E-state index in [1.807, 2.05) is 28.8 Å². The summed E-state index contributed by atoms with van der Waals surface area (Å²) < 4.78 is 6.60. The minimum absolute atomic E-state index is 0.130. The molecule has 1 heterocycles. The summed E-state index contributed by atoms with van der Waals surface area (Å²) in [5, 5.41) is 2.72. The van der Waals surface area contributed by atoms with Crippen molar-refractivity contribution in [3.05, 3.63) is 42.7 Å². The summed E-state index contributed by atoms with van der Waals surface area (Å²) in [7, 11) is 1.37. The summed E-state index contributed by atoms with van der Waals surface area (Å²) in [6.07, 6.45) is 2.62. The molecule has 2 rings (SSSR count). The van der Waals surface area contributed by atoms with E-state index in [0.717, 1.165) is 23.3 Å². The van der Waals surface area contributed by atoms with Crippen LogP contribution in [0.15, 0.2) is 36.9 Å². The number of hydrogen-bond acceptors (Lipinski definition) is 4. The van der Waals surface area contributed by atoms with E-state index in [1.165, 1.54) is 13.2 Å². The SMILES string of the molecule is C=CC(=O)NCCCc1nc2ccccc2n1CC(=O)OC. The third-order valence-electron chi connectivity index (χ3n) is 3.31. The van der Waals surface area contributed by atoms with E-state index < -0.39 is 0 Å². The molecule has 0 atom stereocenters. The Balaban J connectivity index is 2.13. The number of imidazole rings is 1. The highest BCUT2D eigenvalue weighted by atomic mass is 16.5. The monoisotopic (exact) mass is 301 g/mol. The second kappa shape index (κ2) is 7.40. The van der Waals surface area contributed by atoms with E-state index in [9.17, 15) is 9.59 Å². The maximum absolute atomic E-state index is 11.6. The number of nitrogens with one attached hydrogen (secondary N) is 1. The molecule has 1 aromatic heterocycles. The zero-order chi connectivity index (χ0) is 15.9. The number of para-hydroxylation sites is 2. The Bertz CT molecular complexity index is 691. The molecule has 0 aliphatic heterocycles. The molecule has 6 nitrogen and oxygen atoms in total. The van der Waals surface area contributed by atoms with Crippen LogP contribution in [0.4, 0.5) is 0 Å². The van der Waals surface area contributed by atoms with Crippen molar-refractivity contribution in [2.24, 2.45) is 0 Å². The van der Waals surface area contributed by atoms with Gasteiger partial charge in [0, 0.05) is 13.0 Å². The van der Waals surface area contributed by atoms with E-state index in [4.69, 9.17) is 4.74 Å². The largest absolute Gasteiger partial charge is 0.468 e. The van der Waals surface area contributed by atoms with Crippen LogP contribution in [-0.2, 0) is 27.3 Å². The van der Waals surface area contributed by atoms with Gasteiger partial charge in [-0.25, -0.2) is 4.98 Å². The van der Waals surface area contributed by atoms with Gasteiger partial charge in [0.2, 0.25) is 5.91 Å². The molecule has 6 heteroatoms. The third-order valence-corrected chi connectivity index (χ3v) is 3.31. The van der Waals surface area contributed by atoms with Crippen molar-refractivity contribution in [2.75, 3.05) is 13.7 Å². The smallest absolute Gasteiger partial charge is 0.325 e. The Hall–Kier alpha value is -2.63. The minimum Gasteiger partial charge on any atom is -0.468 e. The summed E-state index contributed by atoms with van der Waals surface area (Å²) >= 11 is 0. The molecule has 2 aromatic rings. The second-order valence-corrected chi connectivity index (χ2v) is 4.78. The number of rotatable bonds is 7. The molecule has 22 heavy (non-hydrogen) atoms. The van der Waals surface area contributed by atoms with Crippen LogP contribution in [0, 0.1) is 0 Å². The second-order valence-electron chi connectivity index (χ2n) is 4.78. The minimum atomic E-state index is -0.315. The molecule has 0 unspecified atom stereocenters. The Morgan fingerprint density at radius 2 is 2.18 bits per heavy atom. The Morgan fingerprint density at radius 3 is 2.91 bits per heavy atom. The van der Waals surface area contributed by atoms with Gasteiger partial charge in [-0.05, 0) is 24.6 Å². The van der Waals surface area contributed by atoms with Gasteiger partial charge in [0.1, 0.15) is 12.4 Å². The lowest BCUT2D eigenvalue weighted by Crippen LogP contribution is -2.22. The van der Waals surface area contributed by atoms with Crippen LogP contribution in [0.25, 0.3) is 11.0 Å². The first-order valence-corrected chi connectivity index (χ1v) is 7.07. The molecule has 0 spiro atoms. The highest BCUT2D eigenvalue weighted by Crippen LogP contribution is 2.17. The van der Waals surface area contributed by atoms with E-state index in [2.05, 4.69) is 16.9 Å². The van der Waals surface area contributed by atoms with Crippen LogP contribution in [0.3, 0.4) is 0 Å². The summed E-state index contributed by atoms with van der Waals surface area (Å²) in [4.78, 5) is 27.3. The van der Waals surface area contributed by atoms with Crippen LogP contribution in [0.2, 0.25) is 0 Å². The van der Waals surface area contributed by atoms with Crippen molar-refractivity contribution in [3.8, 4) is 0 Å². The molecular weight excluding hydrogens is 282 g/mol. The standard InChI is InChI=1S/C16H19N3O3/c1-3-15(20)17-10-6-9-14-18-12-7-4-5-8-13(12)19(14)11-16(21)22-2/h3-5,7-8H,1,6,9-11H2,2H3,(H,17,20). The van der Waals surface area contributed by atoms with E-state index in [-0.39, 0.29) is 18.4 Å². The van der Waals surface area contributed by atoms with Gasteiger partial charge in [0.05, 0.1) is 18.1 Å². The van der Waals surface area contributed by atoms with Crippen molar-refractivity contribution in [2.45, 2.75) is 19.4 Å². The van der Waals surface area contributed by atoms with Crippen molar-refractivity contribution >= 4 is 22.9 Å². The van der Waals surface area contributed by atoms with E-state index >= 15 is 0 Å². The number of ether oxygens (including phenoxy) is 1. The number of esters is 1. The number of fused-ring (bicyclic) bond motifs is 1. The fourth-order valence-electron chi connectivity index (χ4n) is 2.22. The van der Waals surface area contributed by atoms with Gasteiger partial charge >= 0.3 is 5.97 Å². The third kappa shape index (κ3) is 3.72. The van der Waals surface area contributed by atoms with Gasteiger partial charge in [-0.15, -0.1) is 0 Å². The highest BCUT2D eigenvalue weighted by molar-refractivity contribution is 5.86. The van der Waals surface area contributed by atoms with Crippen molar-refractivity contribution in [3.63, 3.8) is 0 Å². The topological polar surface area (TPSA) is 73.2 Å². The lowest BCUT2D eigenvalue weighted by atomic mass is 10.3. The predicted molar refractivity (Wildman–Crippen MR) is 83.3 cm³/mol. The number of benzene rings is 1. The van der Waals surface area contributed by atoms with Crippen molar-refractivity contribution < 1.29 is 14.3 Å². The zero-order valence-corrected chi connectivity index (χ0v) is 12.5. The molecule has 0 radical (unpaired) electrons. The number of carbonyl (C=O) groups is 2. The average Bonchev–Trinajstić information content (AvgIpc) is 2.89. The average molecular weight is 301 g/mol. The molecule has 116 valence electrons. The number of aromatic nitrogens is 2. The Kier molecular flexibility index (Phi) is 5.30. The first kappa shape index (κ1) is 15.8. The van der Waals surface area contributed by atoms with Crippen LogP contribution in [0.1, 0.15) is 12.2 Å². The normalized spacial score (nSPS) is 10.4. The number of hydrogen-bond donors (Lipinski definition) is 1. The summed E-state index contributed by atoms with van der Waals surface area (Å²) in [5.74, 6) is 0.298. The highest BCUT2D eigenvalue weighted by Gasteiger charge is 2.13. The molecular formula is C16H19N3O3. The first-order valence-electron chi connectivity index (χ1n) is 7.07. The molecule has 0 saturated carbocycles. The van der Waals surface area contributed by atoms with E-state index in [0.29, 0.717) is 13.0 Å². The first-order chi connectivity index (χ1) is 10.7. The quantitative estimate of drug-likeness (QED) is 0.477. The molecule has 1 amide bonds. The van der Waals surface area contributed by atoms with Crippen LogP contribution < -0.4 is 5.32 Å². The fraction of sp³-hybridized carbons (Fsp3) is 0.312. The van der Waals surface area contributed by atoms with Gasteiger partial charge < -0.3 is 14.6 Å².